The number of benzene rings is 2. The van der Waals surface area contributed by atoms with Gasteiger partial charge in [-0.2, -0.15) is 0 Å². The van der Waals surface area contributed by atoms with E-state index in [-0.39, 0.29) is 12.9 Å². The Bertz CT molecular complexity index is 551. The normalized spacial score (nSPS) is 14.4. The molecule has 2 aromatic rings. The van der Waals surface area contributed by atoms with E-state index in [1.165, 1.54) is 0 Å². The molecule has 0 aromatic heterocycles. The number of rotatable bonds is 4. The average molecular weight is 256 g/mol. The van der Waals surface area contributed by atoms with E-state index in [1.807, 2.05) is 48.5 Å². The van der Waals surface area contributed by atoms with Crippen molar-refractivity contribution in [1.29, 1.82) is 0 Å². The highest BCUT2D eigenvalue weighted by atomic mass is 16.7. The molecule has 1 N–H and O–H groups in total. The number of hydrogen-bond acceptors (Lipinski definition) is 3. The summed E-state index contributed by atoms with van der Waals surface area (Å²) in [4.78, 5) is 0. The molecule has 0 amide bonds. The van der Waals surface area contributed by atoms with Crippen molar-refractivity contribution in [2.75, 3.05) is 6.79 Å². The molecule has 1 aliphatic heterocycles. The highest BCUT2D eigenvalue weighted by molar-refractivity contribution is 5.44. The molecule has 1 aliphatic rings. The zero-order valence-corrected chi connectivity index (χ0v) is 10.6. The van der Waals surface area contributed by atoms with Gasteiger partial charge in [0.15, 0.2) is 11.5 Å². The summed E-state index contributed by atoms with van der Waals surface area (Å²) in [7, 11) is 0. The fraction of sp³-hybridized carbons (Fsp3) is 0.250. The Hall–Kier alpha value is -2.00. The molecule has 19 heavy (non-hydrogen) atoms. The lowest BCUT2D eigenvalue weighted by Crippen LogP contribution is -2.13. The molecule has 98 valence electrons. The molecule has 0 spiro atoms. The van der Waals surface area contributed by atoms with E-state index in [2.05, 4.69) is 0 Å². The van der Waals surface area contributed by atoms with E-state index in [9.17, 15) is 5.11 Å². The van der Waals surface area contributed by atoms with Crippen LogP contribution in [-0.2, 0) is 12.8 Å². The van der Waals surface area contributed by atoms with Gasteiger partial charge in [-0.1, -0.05) is 36.4 Å². The Morgan fingerprint density at radius 2 is 1.63 bits per heavy atom. The summed E-state index contributed by atoms with van der Waals surface area (Å²) >= 11 is 0. The summed E-state index contributed by atoms with van der Waals surface area (Å²) in [6.45, 7) is 0.283. The van der Waals surface area contributed by atoms with Gasteiger partial charge < -0.3 is 14.6 Å². The summed E-state index contributed by atoms with van der Waals surface area (Å²) in [5.74, 6) is 1.55. The third-order valence-electron chi connectivity index (χ3n) is 3.22. The van der Waals surface area contributed by atoms with Crippen molar-refractivity contribution in [2.24, 2.45) is 0 Å². The fourth-order valence-electron chi connectivity index (χ4n) is 2.30. The van der Waals surface area contributed by atoms with Crippen molar-refractivity contribution in [1.82, 2.24) is 0 Å². The third-order valence-corrected chi connectivity index (χ3v) is 3.22. The molecule has 0 saturated carbocycles. The first-order valence-electron chi connectivity index (χ1n) is 6.42. The van der Waals surface area contributed by atoms with Gasteiger partial charge in [-0.3, -0.25) is 0 Å². The number of hydrogen-bond donors (Lipinski definition) is 1. The van der Waals surface area contributed by atoms with Crippen molar-refractivity contribution in [3.8, 4) is 11.5 Å². The lowest BCUT2D eigenvalue weighted by atomic mass is 10.0. The summed E-state index contributed by atoms with van der Waals surface area (Å²) < 4.78 is 10.6. The van der Waals surface area contributed by atoms with Crippen molar-refractivity contribution in [3.63, 3.8) is 0 Å². The van der Waals surface area contributed by atoms with Gasteiger partial charge in [0, 0.05) is 0 Å². The minimum atomic E-state index is -0.386. The van der Waals surface area contributed by atoms with Crippen LogP contribution in [0.2, 0.25) is 0 Å². The van der Waals surface area contributed by atoms with Crippen LogP contribution < -0.4 is 9.47 Å². The Morgan fingerprint density at radius 1 is 0.895 bits per heavy atom. The van der Waals surface area contributed by atoms with Gasteiger partial charge in [0.05, 0.1) is 6.10 Å². The minimum absolute atomic E-state index is 0.283. The standard InChI is InChI=1S/C16H16O3/c17-14(8-12-4-2-1-3-5-12)9-13-6-7-15-16(10-13)19-11-18-15/h1-7,10,14,17H,8-9,11H2. The monoisotopic (exact) mass is 256 g/mol. The maximum atomic E-state index is 10.1. The van der Waals surface area contributed by atoms with Crippen LogP contribution in [0.5, 0.6) is 11.5 Å². The summed E-state index contributed by atoms with van der Waals surface area (Å²) in [6, 6.07) is 15.8. The first-order chi connectivity index (χ1) is 9.31. The molecule has 0 saturated heterocycles. The summed E-state index contributed by atoms with van der Waals surface area (Å²) in [5.41, 5.74) is 2.21. The second kappa shape index (κ2) is 5.33. The Kier molecular flexibility index (Phi) is 3.38. The van der Waals surface area contributed by atoms with Crippen LogP contribution in [0.25, 0.3) is 0 Å². The molecule has 3 rings (SSSR count). The van der Waals surface area contributed by atoms with Crippen LogP contribution in [-0.4, -0.2) is 18.0 Å². The summed E-state index contributed by atoms with van der Waals surface area (Å²) in [5, 5.41) is 10.1. The second-order valence-corrected chi connectivity index (χ2v) is 4.74. The Balaban J connectivity index is 1.65. The molecule has 1 atom stereocenters. The van der Waals surface area contributed by atoms with Gasteiger partial charge in [-0.05, 0) is 36.1 Å². The molecular weight excluding hydrogens is 240 g/mol. The van der Waals surface area contributed by atoms with Crippen LogP contribution >= 0.6 is 0 Å². The van der Waals surface area contributed by atoms with Gasteiger partial charge in [0.1, 0.15) is 0 Å². The predicted molar refractivity (Wildman–Crippen MR) is 72.4 cm³/mol. The highest BCUT2D eigenvalue weighted by Gasteiger charge is 2.14. The van der Waals surface area contributed by atoms with E-state index in [1.54, 1.807) is 0 Å². The van der Waals surface area contributed by atoms with Gasteiger partial charge in [-0.25, -0.2) is 0 Å². The number of fused-ring (bicyclic) bond motifs is 1. The van der Waals surface area contributed by atoms with Crippen LogP contribution in [0.3, 0.4) is 0 Å². The molecule has 0 fully saturated rings. The van der Waals surface area contributed by atoms with E-state index in [4.69, 9.17) is 9.47 Å². The molecule has 2 aromatic carbocycles. The maximum Gasteiger partial charge on any atom is 0.231 e. The van der Waals surface area contributed by atoms with Gasteiger partial charge in [-0.15, -0.1) is 0 Å². The Morgan fingerprint density at radius 3 is 2.47 bits per heavy atom. The number of aliphatic hydroxyl groups is 1. The second-order valence-electron chi connectivity index (χ2n) is 4.74. The fourth-order valence-corrected chi connectivity index (χ4v) is 2.30. The largest absolute Gasteiger partial charge is 0.454 e. The molecule has 0 aliphatic carbocycles. The van der Waals surface area contributed by atoms with Gasteiger partial charge in [0.25, 0.3) is 0 Å². The molecule has 1 unspecified atom stereocenters. The van der Waals surface area contributed by atoms with E-state index >= 15 is 0 Å². The zero-order chi connectivity index (χ0) is 13.1. The van der Waals surface area contributed by atoms with Crippen molar-refractivity contribution in [3.05, 3.63) is 59.7 Å². The van der Waals surface area contributed by atoms with Crippen LogP contribution in [0.4, 0.5) is 0 Å². The third kappa shape index (κ3) is 2.88. The first kappa shape index (κ1) is 12.1. The zero-order valence-electron chi connectivity index (χ0n) is 10.6. The summed E-state index contributed by atoms with van der Waals surface area (Å²) in [6.07, 6.45) is 0.892. The lowest BCUT2D eigenvalue weighted by Gasteiger charge is -2.11. The Labute approximate surface area is 112 Å². The number of aliphatic hydroxyl groups excluding tert-OH is 1. The quantitative estimate of drug-likeness (QED) is 0.913. The smallest absolute Gasteiger partial charge is 0.231 e. The lowest BCUT2D eigenvalue weighted by molar-refractivity contribution is 0.173. The average Bonchev–Trinajstić information content (AvgIpc) is 2.87. The van der Waals surface area contributed by atoms with Crippen LogP contribution in [0.1, 0.15) is 11.1 Å². The van der Waals surface area contributed by atoms with E-state index in [0.717, 1.165) is 22.6 Å². The molecule has 1 heterocycles. The number of ether oxygens (including phenoxy) is 2. The topological polar surface area (TPSA) is 38.7 Å². The van der Waals surface area contributed by atoms with Crippen LogP contribution in [0.15, 0.2) is 48.5 Å². The van der Waals surface area contributed by atoms with Crippen molar-refractivity contribution in [2.45, 2.75) is 18.9 Å². The van der Waals surface area contributed by atoms with Gasteiger partial charge in [0.2, 0.25) is 6.79 Å². The molecular formula is C16H16O3. The van der Waals surface area contributed by atoms with E-state index in [0.29, 0.717) is 12.8 Å². The van der Waals surface area contributed by atoms with Crippen molar-refractivity contribution >= 4 is 0 Å². The molecule has 3 heteroatoms. The van der Waals surface area contributed by atoms with Gasteiger partial charge >= 0.3 is 0 Å². The van der Waals surface area contributed by atoms with E-state index < -0.39 is 0 Å². The minimum Gasteiger partial charge on any atom is -0.454 e. The van der Waals surface area contributed by atoms with Crippen LogP contribution in [0, 0.1) is 0 Å². The molecule has 3 nitrogen and oxygen atoms in total. The first-order valence-corrected chi connectivity index (χ1v) is 6.42. The predicted octanol–water partition coefficient (Wildman–Crippen LogP) is 2.56. The molecule has 0 radical (unpaired) electrons. The van der Waals surface area contributed by atoms with Crippen molar-refractivity contribution < 1.29 is 14.6 Å². The highest BCUT2D eigenvalue weighted by Crippen LogP contribution is 2.32. The maximum absolute atomic E-state index is 10.1. The molecule has 0 bridgehead atoms. The SMILES string of the molecule is OC(Cc1ccccc1)Cc1ccc2c(c1)OCO2.